The quantitative estimate of drug-likeness (QED) is 0.617. The molecule has 1 aromatic heterocycles. The highest BCUT2D eigenvalue weighted by Crippen LogP contribution is 2.11. The maximum Gasteiger partial charge on any atom is 0.355 e. The first-order valence-corrected chi connectivity index (χ1v) is 5.04. The Morgan fingerprint density at radius 3 is 2.50 bits per heavy atom. The molecule has 8 heteroatoms. The van der Waals surface area contributed by atoms with Gasteiger partial charge in [-0.2, -0.15) is 0 Å². The van der Waals surface area contributed by atoms with Gasteiger partial charge >= 0.3 is 12.0 Å². The molecule has 1 aromatic rings. The van der Waals surface area contributed by atoms with Crippen molar-refractivity contribution in [3.8, 4) is 0 Å². The van der Waals surface area contributed by atoms with E-state index in [1.165, 1.54) is 23.8 Å². The van der Waals surface area contributed by atoms with Crippen LogP contribution >= 0.6 is 0 Å². The van der Waals surface area contributed by atoms with Gasteiger partial charge in [0, 0.05) is 13.2 Å². The molecule has 0 saturated carbocycles. The number of aryl methyl sites for hydroxylation is 1. The van der Waals surface area contributed by atoms with Crippen LogP contribution in [0.1, 0.15) is 17.4 Å². The Morgan fingerprint density at radius 1 is 1.44 bits per heavy atom. The Morgan fingerprint density at radius 2 is 2.06 bits per heavy atom. The first-order valence-electron chi connectivity index (χ1n) is 5.04. The van der Waals surface area contributed by atoms with Crippen LogP contribution in [0.2, 0.25) is 0 Å². The van der Waals surface area contributed by atoms with Crippen molar-refractivity contribution in [2.75, 3.05) is 5.73 Å². The normalized spacial score (nSPS) is 11.7. The number of ether oxygens (including phenoxy) is 1. The topological polar surface area (TPSA) is 129 Å². The van der Waals surface area contributed by atoms with Gasteiger partial charge in [-0.1, -0.05) is 0 Å². The van der Waals surface area contributed by atoms with Gasteiger partial charge in [-0.25, -0.2) is 9.59 Å². The lowest BCUT2D eigenvalue weighted by atomic mass is 10.3. The van der Waals surface area contributed by atoms with E-state index in [-0.39, 0.29) is 5.69 Å². The predicted molar refractivity (Wildman–Crippen MR) is 62.4 cm³/mol. The standard InChI is InChI=1S/C10H14N4O4/c1-5(8(15)13-10(12)17)18-9(16)7-3-6(11)4-14(7)2/h3-5H,11H2,1-2H3,(H3,12,13,15,17). The lowest BCUT2D eigenvalue weighted by molar-refractivity contribution is -0.127. The summed E-state index contributed by atoms with van der Waals surface area (Å²) in [5, 5.41) is 1.81. The predicted octanol–water partition coefficient (Wildman–Crippen LogP) is -0.652. The van der Waals surface area contributed by atoms with E-state index in [1.807, 2.05) is 5.32 Å². The van der Waals surface area contributed by atoms with Crippen LogP contribution in [0, 0.1) is 0 Å². The van der Waals surface area contributed by atoms with E-state index in [2.05, 4.69) is 0 Å². The zero-order valence-electron chi connectivity index (χ0n) is 9.97. The molecule has 0 bridgehead atoms. The average Bonchev–Trinajstić information content (AvgIpc) is 2.56. The molecule has 0 spiro atoms. The number of carbonyl (C=O) groups is 3. The summed E-state index contributed by atoms with van der Waals surface area (Å²) >= 11 is 0. The van der Waals surface area contributed by atoms with Crippen molar-refractivity contribution in [1.29, 1.82) is 0 Å². The molecule has 1 heterocycles. The Bertz CT molecular complexity index is 494. The van der Waals surface area contributed by atoms with Crippen LogP contribution in [0.25, 0.3) is 0 Å². The van der Waals surface area contributed by atoms with E-state index in [0.717, 1.165) is 0 Å². The zero-order chi connectivity index (χ0) is 13.9. The van der Waals surface area contributed by atoms with E-state index in [4.69, 9.17) is 16.2 Å². The van der Waals surface area contributed by atoms with E-state index < -0.39 is 24.0 Å². The van der Waals surface area contributed by atoms with Gasteiger partial charge < -0.3 is 20.8 Å². The molecule has 1 unspecified atom stereocenters. The number of nitrogen functional groups attached to an aromatic ring is 1. The molecule has 5 N–H and O–H groups in total. The van der Waals surface area contributed by atoms with E-state index in [1.54, 1.807) is 7.05 Å². The summed E-state index contributed by atoms with van der Waals surface area (Å²) in [5.41, 5.74) is 10.9. The van der Waals surface area contributed by atoms with Crippen molar-refractivity contribution in [3.63, 3.8) is 0 Å². The number of carbonyl (C=O) groups excluding carboxylic acids is 3. The largest absolute Gasteiger partial charge is 0.448 e. The third-order valence-corrected chi connectivity index (χ3v) is 2.13. The second kappa shape index (κ2) is 5.21. The molecule has 0 saturated heterocycles. The van der Waals surface area contributed by atoms with Crippen LogP contribution in [-0.2, 0) is 16.6 Å². The van der Waals surface area contributed by atoms with Gasteiger partial charge in [0.1, 0.15) is 5.69 Å². The molecule has 1 rings (SSSR count). The number of hydrogen-bond donors (Lipinski definition) is 3. The molecule has 18 heavy (non-hydrogen) atoms. The molecule has 8 nitrogen and oxygen atoms in total. The van der Waals surface area contributed by atoms with Gasteiger partial charge in [0.2, 0.25) is 0 Å². The summed E-state index contributed by atoms with van der Waals surface area (Å²) in [6.45, 7) is 1.32. The molecular weight excluding hydrogens is 240 g/mol. The van der Waals surface area contributed by atoms with Crippen molar-refractivity contribution in [2.24, 2.45) is 12.8 Å². The number of primary amides is 1. The van der Waals surface area contributed by atoms with Crippen LogP contribution < -0.4 is 16.8 Å². The maximum atomic E-state index is 11.7. The van der Waals surface area contributed by atoms with Gasteiger partial charge in [0.15, 0.2) is 6.10 Å². The lowest BCUT2D eigenvalue weighted by Gasteiger charge is -2.12. The molecule has 98 valence electrons. The van der Waals surface area contributed by atoms with E-state index >= 15 is 0 Å². The second-order valence-corrected chi connectivity index (χ2v) is 3.67. The van der Waals surface area contributed by atoms with Crippen LogP contribution in [0.5, 0.6) is 0 Å². The molecular formula is C10H14N4O4. The fourth-order valence-corrected chi connectivity index (χ4v) is 1.29. The van der Waals surface area contributed by atoms with Crippen molar-refractivity contribution >= 4 is 23.6 Å². The fraction of sp³-hybridized carbons (Fsp3) is 0.300. The van der Waals surface area contributed by atoms with E-state index in [9.17, 15) is 14.4 Å². The number of nitrogens with one attached hydrogen (secondary N) is 1. The highest BCUT2D eigenvalue weighted by Gasteiger charge is 2.21. The number of imide groups is 1. The fourth-order valence-electron chi connectivity index (χ4n) is 1.29. The minimum atomic E-state index is -1.14. The van der Waals surface area contributed by atoms with Gasteiger partial charge in [0.05, 0.1) is 5.69 Å². The number of rotatable bonds is 3. The van der Waals surface area contributed by atoms with Gasteiger partial charge in [-0.3, -0.25) is 10.1 Å². The molecule has 0 fully saturated rings. The number of hydrogen-bond acceptors (Lipinski definition) is 5. The Labute approximate surface area is 103 Å². The molecule has 0 aliphatic heterocycles. The molecule has 3 amide bonds. The lowest BCUT2D eigenvalue weighted by Crippen LogP contribution is -2.42. The highest BCUT2D eigenvalue weighted by molar-refractivity contribution is 5.97. The number of nitrogens with zero attached hydrogens (tertiary/aromatic N) is 1. The van der Waals surface area contributed by atoms with Crippen LogP contribution in [0.15, 0.2) is 12.3 Å². The van der Waals surface area contributed by atoms with Crippen molar-refractivity contribution in [2.45, 2.75) is 13.0 Å². The average molecular weight is 254 g/mol. The number of esters is 1. The summed E-state index contributed by atoms with van der Waals surface area (Å²) in [5.74, 6) is -1.51. The Hall–Kier alpha value is -2.51. The molecule has 0 aromatic carbocycles. The molecule has 1 atom stereocenters. The number of aromatic nitrogens is 1. The Kier molecular flexibility index (Phi) is 3.93. The highest BCUT2D eigenvalue weighted by atomic mass is 16.5. The number of nitrogens with two attached hydrogens (primary N) is 2. The summed E-state index contributed by atoms with van der Waals surface area (Å²) in [6.07, 6.45) is 0.395. The molecule has 0 radical (unpaired) electrons. The summed E-state index contributed by atoms with van der Waals surface area (Å²) in [6, 6.07) is 0.409. The number of anilines is 1. The minimum Gasteiger partial charge on any atom is -0.448 e. The SMILES string of the molecule is CC(OC(=O)c1cc(N)cn1C)C(=O)NC(N)=O. The zero-order valence-corrected chi connectivity index (χ0v) is 9.97. The summed E-state index contributed by atoms with van der Waals surface area (Å²) < 4.78 is 6.33. The molecule has 0 aliphatic rings. The smallest absolute Gasteiger partial charge is 0.355 e. The Balaban J connectivity index is 2.68. The summed E-state index contributed by atoms with van der Waals surface area (Å²) in [7, 11) is 1.61. The third kappa shape index (κ3) is 3.24. The maximum absolute atomic E-state index is 11.7. The van der Waals surface area contributed by atoms with E-state index in [0.29, 0.717) is 5.69 Å². The van der Waals surface area contributed by atoms with Crippen molar-refractivity contribution < 1.29 is 19.1 Å². The number of amides is 3. The first-order chi connectivity index (χ1) is 8.31. The minimum absolute atomic E-state index is 0.200. The van der Waals surface area contributed by atoms with Crippen molar-refractivity contribution in [1.82, 2.24) is 9.88 Å². The third-order valence-electron chi connectivity index (χ3n) is 2.13. The summed E-state index contributed by atoms with van der Waals surface area (Å²) in [4.78, 5) is 33.4. The molecule has 0 aliphatic carbocycles. The monoisotopic (exact) mass is 254 g/mol. The van der Waals surface area contributed by atoms with Crippen LogP contribution in [0.3, 0.4) is 0 Å². The first kappa shape index (κ1) is 13.6. The van der Waals surface area contributed by atoms with Crippen LogP contribution in [-0.4, -0.2) is 28.6 Å². The van der Waals surface area contributed by atoms with Crippen molar-refractivity contribution in [3.05, 3.63) is 18.0 Å². The van der Waals surface area contributed by atoms with Gasteiger partial charge in [-0.05, 0) is 13.0 Å². The van der Waals surface area contributed by atoms with Gasteiger partial charge in [-0.15, -0.1) is 0 Å². The number of urea groups is 1. The van der Waals surface area contributed by atoms with Gasteiger partial charge in [0.25, 0.3) is 5.91 Å². The van der Waals surface area contributed by atoms with Crippen LogP contribution in [0.4, 0.5) is 10.5 Å². The second-order valence-electron chi connectivity index (χ2n) is 3.67.